The van der Waals surface area contributed by atoms with E-state index in [0.29, 0.717) is 17.2 Å². The minimum Gasteiger partial charge on any atom is -0.361 e. The number of carbonyl (C=O) groups excluding carboxylic acids is 2. The highest BCUT2D eigenvalue weighted by Gasteiger charge is 2.22. The number of anilines is 2. The maximum atomic E-state index is 12.5. The van der Waals surface area contributed by atoms with Crippen molar-refractivity contribution in [3.8, 4) is 0 Å². The van der Waals surface area contributed by atoms with E-state index >= 15 is 0 Å². The number of aromatic nitrogens is 1. The first-order valence-electron chi connectivity index (χ1n) is 12.1. The Morgan fingerprint density at radius 2 is 1.79 bits per heavy atom. The van der Waals surface area contributed by atoms with Crippen LogP contribution in [0, 0.1) is 0 Å². The third-order valence-electron chi connectivity index (χ3n) is 6.60. The van der Waals surface area contributed by atoms with E-state index < -0.39 is 0 Å². The van der Waals surface area contributed by atoms with Gasteiger partial charge in [-0.05, 0) is 87.6 Å². The maximum Gasteiger partial charge on any atom is 0.323 e. The van der Waals surface area contributed by atoms with Crippen molar-refractivity contribution in [2.45, 2.75) is 51.9 Å². The molecule has 0 unspecified atom stereocenters. The quantitative estimate of drug-likeness (QED) is 0.277. The van der Waals surface area contributed by atoms with Gasteiger partial charge in [-0.25, -0.2) is 4.79 Å². The number of likely N-dealkylation sites (tertiary alicyclic amines) is 1. The van der Waals surface area contributed by atoms with Crippen LogP contribution in [0.15, 0.2) is 48.7 Å². The van der Waals surface area contributed by atoms with Gasteiger partial charge in [-0.2, -0.15) is 0 Å². The number of piperidine rings is 1. The monoisotopic (exact) mass is 446 g/mol. The molecule has 1 aromatic heterocycles. The number of hydrogen-bond donors (Lipinski definition) is 3. The van der Waals surface area contributed by atoms with Gasteiger partial charge in [0.05, 0.1) is 0 Å². The van der Waals surface area contributed by atoms with Gasteiger partial charge < -0.3 is 20.5 Å². The van der Waals surface area contributed by atoms with Crippen LogP contribution in [0.4, 0.5) is 16.2 Å². The molecule has 2 aromatic carbocycles. The van der Waals surface area contributed by atoms with Crippen LogP contribution in [-0.2, 0) is 0 Å². The van der Waals surface area contributed by atoms with E-state index in [9.17, 15) is 9.59 Å². The highest BCUT2D eigenvalue weighted by atomic mass is 16.2. The zero-order chi connectivity index (χ0) is 23.2. The Hall–Kier alpha value is -3.12. The Kier molecular flexibility index (Phi) is 7.45. The second-order valence-corrected chi connectivity index (χ2v) is 9.04. The van der Waals surface area contributed by atoms with Gasteiger partial charge in [0.2, 0.25) is 0 Å². The Morgan fingerprint density at radius 1 is 1.03 bits per heavy atom. The molecule has 1 aliphatic heterocycles. The lowest BCUT2D eigenvalue weighted by atomic mass is 9.89. The number of rotatable bonds is 8. The van der Waals surface area contributed by atoms with Gasteiger partial charge in [0.25, 0.3) is 0 Å². The molecule has 3 N–H and O–H groups in total. The van der Waals surface area contributed by atoms with E-state index in [1.54, 1.807) is 24.3 Å². The molecule has 33 heavy (non-hydrogen) atoms. The van der Waals surface area contributed by atoms with E-state index in [0.717, 1.165) is 24.3 Å². The summed E-state index contributed by atoms with van der Waals surface area (Å²) in [5, 5.41) is 6.92. The fraction of sp³-hybridized carbons (Fsp3) is 0.407. The molecular formula is C27H34N4O2. The fourth-order valence-electron chi connectivity index (χ4n) is 4.72. The van der Waals surface area contributed by atoms with E-state index in [1.165, 1.54) is 56.5 Å². The Bertz CT molecular complexity index is 1110. The lowest BCUT2D eigenvalue weighted by molar-refractivity contribution is 0.101. The van der Waals surface area contributed by atoms with Gasteiger partial charge in [0.1, 0.15) is 0 Å². The van der Waals surface area contributed by atoms with Crippen molar-refractivity contribution in [2.24, 2.45) is 0 Å². The molecule has 0 bridgehead atoms. The van der Waals surface area contributed by atoms with Gasteiger partial charge in [-0.15, -0.1) is 0 Å². The summed E-state index contributed by atoms with van der Waals surface area (Å²) in [6, 6.07) is 12.6. The van der Waals surface area contributed by atoms with Crippen LogP contribution in [0.5, 0.6) is 0 Å². The number of carbonyl (C=O) groups is 2. The highest BCUT2D eigenvalue weighted by molar-refractivity contribution is 6.02. The predicted octanol–water partition coefficient (Wildman–Crippen LogP) is 6.38. The summed E-state index contributed by atoms with van der Waals surface area (Å²) in [6.45, 7) is 7.29. The second kappa shape index (κ2) is 10.7. The molecule has 1 fully saturated rings. The molecule has 2 heterocycles. The summed E-state index contributed by atoms with van der Waals surface area (Å²) in [6.07, 6.45) is 8.36. The summed E-state index contributed by atoms with van der Waals surface area (Å²) in [5.41, 5.74) is 4.35. The molecule has 0 radical (unpaired) electrons. The zero-order valence-corrected chi connectivity index (χ0v) is 19.6. The molecule has 6 heteroatoms. The number of nitrogens with one attached hydrogen (secondary N) is 3. The normalized spacial score (nSPS) is 15.0. The minimum absolute atomic E-state index is 0.0312. The van der Waals surface area contributed by atoms with Crippen LogP contribution in [0.3, 0.4) is 0 Å². The van der Waals surface area contributed by atoms with Crippen molar-refractivity contribution in [3.63, 3.8) is 0 Å². The summed E-state index contributed by atoms with van der Waals surface area (Å²) in [5.74, 6) is 0.510. The number of amides is 2. The third kappa shape index (κ3) is 5.82. The zero-order valence-electron chi connectivity index (χ0n) is 19.6. The Balaban J connectivity index is 1.40. The van der Waals surface area contributed by atoms with Crippen LogP contribution in [0.1, 0.15) is 67.8 Å². The summed E-state index contributed by atoms with van der Waals surface area (Å²) in [4.78, 5) is 30.1. The molecule has 0 atom stereocenters. The lowest BCUT2D eigenvalue weighted by Gasteiger charge is -2.32. The first-order valence-corrected chi connectivity index (χ1v) is 12.1. The van der Waals surface area contributed by atoms with Crippen molar-refractivity contribution in [1.29, 1.82) is 0 Å². The van der Waals surface area contributed by atoms with Crippen molar-refractivity contribution < 1.29 is 9.59 Å². The highest BCUT2D eigenvalue weighted by Crippen LogP contribution is 2.34. The molecule has 1 aliphatic rings. The predicted molar refractivity (Wildman–Crippen MR) is 135 cm³/mol. The van der Waals surface area contributed by atoms with Gasteiger partial charge in [-0.1, -0.05) is 31.9 Å². The molecule has 1 saturated heterocycles. The van der Waals surface area contributed by atoms with Crippen LogP contribution >= 0.6 is 0 Å². The molecule has 0 aliphatic carbocycles. The largest absolute Gasteiger partial charge is 0.361 e. The van der Waals surface area contributed by atoms with Gasteiger partial charge in [0.15, 0.2) is 5.78 Å². The number of H-pyrrole nitrogens is 1. The van der Waals surface area contributed by atoms with Gasteiger partial charge >= 0.3 is 6.03 Å². The molecule has 4 rings (SSSR count). The van der Waals surface area contributed by atoms with E-state index in [2.05, 4.69) is 39.7 Å². The number of benzene rings is 2. The smallest absolute Gasteiger partial charge is 0.323 e. The first-order chi connectivity index (χ1) is 16.0. The lowest BCUT2D eigenvalue weighted by Crippen LogP contribution is -2.33. The van der Waals surface area contributed by atoms with E-state index in [4.69, 9.17) is 0 Å². The van der Waals surface area contributed by atoms with Crippen LogP contribution in [-0.4, -0.2) is 41.3 Å². The average molecular weight is 447 g/mol. The molecule has 0 saturated carbocycles. The van der Waals surface area contributed by atoms with Crippen molar-refractivity contribution >= 4 is 34.1 Å². The topological polar surface area (TPSA) is 77.2 Å². The van der Waals surface area contributed by atoms with E-state index in [1.807, 2.05) is 12.1 Å². The number of aromatic amines is 1. The molecule has 3 aromatic rings. The molecular weight excluding hydrogens is 412 g/mol. The second-order valence-electron chi connectivity index (χ2n) is 9.04. The Labute approximate surface area is 195 Å². The number of ketones is 1. The number of urea groups is 1. The van der Waals surface area contributed by atoms with Crippen LogP contribution < -0.4 is 10.6 Å². The van der Waals surface area contributed by atoms with Crippen molar-refractivity contribution in [2.75, 3.05) is 30.3 Å². The molecule has 2 amide bonds. The molecule has 6 nitrogen and oxygen atoms in total. The van der Waals surface area contributed by atoms with Crippen molar-refractivity contribution in [1.82, 2.24) is 9.88 Å². The van der Waals surface area contributed by atoms with Crippen LogP contribution in [0.25, 0.3) is 10.9 Å². The maximum absolute atomic E-state index is 12.5. The fourth-order valence-corrected chi connectivity index (χ4v) is 4.72. The number of unbranched alkanes of at least 4 members (excludes halogenated alkanes) is 2. The number of Topliss-reactive ketones (excluding diaryl/α,β-unsaturated/α-hetero) is 1. The third-order valence-corrected chi connectivity index (χ3v) is 6.60. The van der Waals surface area contributed by atoms with Gasteiger partial charge in [-0.3, -0.25) is 4.79 Å². The average Bonchev–Trinajstić information content (AvgIpc) is 3.23. The number of nitrogens with zero attached hydrogens (tertiary/aromatic N) is 1. The van der Waals surface area contributed by atoms with E-state index in [-0.39, 0.29) is 11.8 Å². The summed E-state index contributed by atoms with van der Waals surface area (Å²) < 4.78 is 0. The first kappa shape index (κ1) is 23.1. The summed E-state index contributed by atoms with van der Waals surface area (Å²) in [7, 11) is 0. The van der Waals surface area contributed by atoms with Gasteiger partial charge in [0, 0.05) is 34.0 Å². The SMILES string of the molecule is CCCCCN1CCC(c2c[nH]c3ccc(NC(=O)Nc4cccc(C(C)=O)c4)cc23)CC1. The summed E-state index contributed by atoms with van der Waals surface area (Å²) >= 11 is 0. The molecule has 0 spiro atoms. The Morgan fingerprint density at radius 3 is 2.52 bits per heavy atom. The number of fused-ring (bicyclic) bond motifs is 1. The number of hydrogen-bond acceptors (Lipinski definition) is 3. The van der Waals surface area contributed by atoms with Crippen molar-refractivity contribution in [3.05, 3.63) is 59.8 Å². The molecule has 174 valence electrons. The van der Waals surface area contributed by atoms with Crippen LogP contribution in [0.2, 0.25) is 0 Å². The minimum atomic E-state index is -0.326. The standard InChI is InChI=1S/C27H34N4O2/c1-3-4-5-13-31-14-11-20(12-15-31)25-18-28-26-10-9-23(17-24(25)26)30-27(33)29-22-8-6-7-21(16-22)19(2)32/h6-10,16-18,20,28H,3-5,11-15H2,1-2H3,(H2,29,30,33).